The second kappa shape index (κ2) is 5.36. The van der Waals surface area contributed by atoms with Crippen molar-refractivity contribution >= 4 is 29.0 Å². The molecule has 0 aliphatic rings. The van der Waals surface area contributed by atoms with Crippen LogP contribution in [0.4, 0.5) is 5.69 Å². The first-order chi connectivity index (χ1) is 7.13. The van der Waals surface area contributed by atoms with Crippen molar-refractivity contribution in [1.29, 1.82) is 0 Å². The maximum Gasteiger partial charge on any atom is 0.322 e. The number of carbonyl (C=O) groups is 2. The molecule has 0 atom stereocenters. The van der Waals surface area contributed by atoms with Crippen LogP contribution >= 0.6 is 11.6 Å². The highest BCUT2D eigenvalue weighted by molar-refractivity contribution is 6.30. The number of carbonyl (C=O) groups excluding carboxylic acids is 1. The fraction of sp³-hybridized carbons (Fsp3) is 0.200. The topological polar surface area (TPSA) is 66.4 Å². The summed E-state index contributed by atoms with van der Waals surface area (Å²) in [6, 6.07) is 6.50. The summed E-state index contributed by atoms with van der Waals surface area (Å²) in [6.45, 7) is -0.150. The summed E-state index contributed by atoms with van der Waals surface area (Å²) >= 11 is 5.39. The Labute approximate surface area is 91.9 Å². The summed E-state index contributed by atoms with van der Waals surface area (Å²) in [7, 11) is 0. The Balaban J connectivity index is 2.64. The van der Waals surface area contributed by atoms with Gasteiger partial charge in [0.25, 0.3) is 0 Å². The molecule has 2 N–H and O–H groups in total. The molecule has 0 aromatic heterocycles. The van der Waals surface area contributed by atoms with E-state index >= 15 is 0 Å². The van der Waals surface area contributed by atoms with E-state index in [1.54, 1.807) is 24.3 Å². The fourth-order valence-electron chi connectivity index (χ4n) is 1.03. The maximum atomic E-state index is 11.1. The molecule has 5 heteroatoms. The Kier molecular flexibility index (Phi) is 4.12. The molecule has 4 nitrogen and oxygen atoms in total. The van der Waals surface area contributed by atoms with Gasteiger partial charge in [-0.25, -0.2) is 0 Å². The van der Waals surface area contributed by atoms with Gasteiger partial charge in [-0.3, -0.25) is 9.59 Å². The van der Waals surface area contributed by atoms with Crippen LogP contribution in [0.3, 0.4) is 0 Å². The van der Waals surface area contributed by atoms with Crippen LogP contribution < -0.4 is 5.32 Å². The van der Waals surface area contributed by atoms with Gasteiger partial charge in [-0.1, -0.05) is 0 Å². The lowest BCUT2D eigenvalue weighted by atomic mass is 10.1. The lowest BCUT2D eigenvalue weighted by molar-refractivity contribution is -0.134. The van der Waals surface area contributed by atoms with Gasteiger partial charge in [0.2, 0.25) is 0 Å². The number of anilines is 1. The fourth-order valence-corrected chi connectivity index (χ4v) is 1.18. The monoisotopic (exact) mass is 227 g/mol. The minimum atomic E-state index is -0.934. The molecule has 0 aliphatic heterocycles. The van der Waals surface area contributed by atoms with Crippen LogP contribution in [0.1, 0.15) is 10.4 Å². The van der Waals surface area contributed by atoms with Crippen molar-refractivity contribution in [2.75, 3.05) is 17.7 Å². The van der Waals surface area contributed by atoms with Crippen LogP contribution in [0.15, 0.2) is 24.3 Å². The first-order valence-corrected chi connectivity index (χ1v) is 4.82. The average molecular weight is 228 g/mol. The zero-order valence-corrected chi connectivity index (χ0v) is 8.62. The van der Waals surface area contributed by atoms with E-state index in [1.165, 1.54) is 0 Å². The third kappa shape index (κ3) is 3.59. The Bertz CT molecular complexity index is 361. The molecule has 0 aliphatic carbocycles. The van der Waals surface area contributed by atoms with Crippen molar-refractivity contribution < 1.29 is 14.7 Å². The van der Waals surface area contributed by atoms with Gasteiger partial charge >= 0.3 is 5.97 Å². The van der Waals surface area contributed by atoms with Crippen molar-refractivity contribution in [3.63, 3.8) is 0 Å². The van der Waals surface area contributed by atoms with E-state index in [1.807, 2.05) is 0 Å². The van der Waals surface area contributed by atoms with E-state index < -0.39 is 5.97 Å². The van der Waals surface area contributed by atoms with Crippen molar-refractivity contribution in [1.82, 2.24) is 0 Å². The molecule has 15 heavy (non-hydrogen) atoms. The molecular formula is C10H10ClNO3. The van der Waals surface area contributed by atoms with Gasteiger partial charge < -0.3 is 10.4 Å². The lowest BCUT2D eigenvalue weighted by Crippen LogP contribution is -2.12. The normalized spacial score (nSPS) is 9.67. The summed E-state index contributed by atoms with van der Waals surface area (Å²) in [5.74, 6) is -1.14. The van der Waals surface area contributed by atoms with Gasteiger partial charge in [-0.2, -0.15) is 0 Å². The van der Waals surface area contributed by atoms with Crippen LogP contribution in [0.25, 0.3) is 0 Å². The standard InChI is InChI=1S/C10H10ClNO3/c11-5-9(13)7-1-3-8(4-2-7)12-6-10(14)15/h1-4,12H,5-6H2,(H,14,15). The predicted molar refractivity (Wildman–Crippen MR) is 57.6 cm³/mol. The molecule has 0 unspecified atom stereocenters. The second-order valence-electron chi connectivity index (χ2n) is 2.88. The SMILES string of the molecule is O=C(O)CNc1ccc(C(=O)CCl)cc1. The van der Waals surface area contributed by atoms with Crippen molar-refractivity contribution in [2.24, 2.45) is 0 Å². The van der Waals surface area contributed by atoms with E-state index in [4.69, 9.17) is 16.7 Å². The second-order valence-corrected chi connectivity index (χ2v) is 3.15. The summed E-state index contributed by atoms with van der Waals surface area (Å²) < 4.78 is 0. The molecule has 0 heterocycles. The van der Waals surface area contributed by atoms with Gasteiger partial charge in [-0.15, -0.1) is 11.6 Å². The van der Waals surface area contributed by atoms with E-state index in [0.717, 1.165) is 0 Å². The quantitative estimate of drug-likeness (QED) is 0.592. The molecule has 0 radical (unpaired) electrons. The van der Waals surface area contributed by atoms with Crippen LogP contribution in [-0.2, 0) is 4.79 Å². The Morgan fingerprint density at radius 3 is 2.33 bits per heavy atom. The lowest BCUT2D eigenvalue weighted by Gasteiger charge is -2.03. The largest absolute Gasteiger partial charge is 0.480 e. The zero-order valence-electron chi connectivity index (χ0n) is 7.87. The summed E-state index contributed by atoms with van der Waals surface area (Å²) in [4.78, 5) is 21.4. The minimum Gasteiger partial charge on any atom is -0.480 e. The highest BCUT2D eigenvalue weighted by atomic mass is 35.5. The molecule has 0 bridgehead atoms. The van der Waals surface area contributed by atoms with Crippen LogP contribution in [0.2, 0.25) is 0 Å². The van der Waals surface area contributed by atoms with Gasteiger partial charge in [0, 0.05) is 11.3 Å². The van der Waals surface area contributed by atoms with E-state index in [-0.39, 0.29) is 18.2 Å². The van der Waals surface area contributed by atoms with Gasteiger partial charge in [0.05, 0.1) is 5.88 Å². The minimum absolute atomic E-state index is 0.0537. The summed E-state index contributed by atoms with van der Waals surface area (Å²) in [6.07, 6.45) is 0. The Morgan fingerprint density at radius 1 is 1.27 bits per heavy atom. The van der Waals surface area contributed by atoms with Gasteiger partial charge in [0.1, 0.15) is 6.54 Å². The van der Waals surface area contributed by atoms with Crippen molar-refractivity contribution in [3.8, 4) is 0 Å². The smallest absolute Gasteiger partial charge is 0.322 e. The number of carboxylic acid groups (broad SMARTS) is 1. The van der Waals surface area contributed by atoms with Crippen molar-refractivity contribution in [2.45, 2.75) is 0 Å². The molecule has 1 aromatic carbocycles. The molecule has 0 saturated heterocycles. The van der Waals surface area contributed by atoms with E-state index in [0.29, 0.717) is 11.3 Å². The third-order valence-corrected chi connectivity index (χ3v) is 2.01. The number of aliphatic carboxylic acids is 1. The Hall–Kier alpha value is -1.55. The first-order valence-electron chi connectivity index (χ1n) is 4.28. The highest BCUT2D eigenvalue weighted by Gasteiger charge is 2.03. The van der Waals surface area contributed by atoms with E-state index in [9.17, 15) is 9.59 Å². The van der Waals surface area contributed by atoms with Crippen molar-refractivity contribution in [3.05, 3.63) is 29.8 Å². The molecular weight excluding hydrogens is 218 g/mol. The number of benzene rings is 1. The third-order valence-electron chi connectivity index (χ3n) is 1.77. The molecule has 0 amide bonds. The predicted octanol–water partition coefficient (Wildman–Crippen LogP) is 1.60. The average Bonchev–Trinajstić information content (AvgIpc) is 2.26. The molecule has 0 saturated carbocycles. The molecule has 0 spiro atoms. The number of halogens is 1. The Morgan fingerprint density at radius 2 is 1.87 bits per heavy atom. The zero-order chi connectivity index (χ0) is 11.3. The van der Waals surface area contributed by atoms with Gasteiger partial charge in [-0.05, 0) is 24.3 Å². The number of ketones is 1. The molecule has 1 rings (SSSR count). The number of nitrogens with one attached hydrogen (secondary N) is 1. The number of hydrogen-bond donors (Lipinski definition) is 2. The number of hydrogen-bond acceptors (Lipinski definition) is 3. The molecule has 80 valence electrons. The molecule has 0 fully saturated rings. The maximum absolute atomic E-state index is 11.1. The summed E-state index contributed by atoms with van der Waals surface area (Å²) in [5, 5.41) is 11.1. The number of carboxylic acids is 1. The van der Waals surface area contributed by atoms with Crippen LogP contribution in [0, 0.1) is 0 Å². The van der Waals surface area contributed by atoms with E-state index in [2.05, 4.69) is 5.32 Å². The number of alkyl halides is 1. The first kappa shape index (κ1) is 11.5. The van der Waals surface area contributed by atoms with Gasteiger partial charge in [0.15, 0.2) is 5.78 Å². The highest BCUT2D eigenvalue weighted by Crippen LogP contribution is 2.10. The van der Waals surface area contributed by atoms with Crippen LogP contribution in [0.5, 0.6) is 0 Å². The number of rotatable bonds is 5. The number of Topliss-reactive ketones (excluding diaryl/α,β-unsaturated/α-hetero) is 1. The molecule has 1 aromatic rings. The summed E-state index contributed by atoms with van der Waals surface area (Å²) in [5.41, 5.74) is 1.18. The van der Waals surface area contributed by atoms with Crippen LogP contribution in [-0.4, -0.2) is 29.3 Å².